The predicted molar refractivity (Wildman–Crippen MR) is 81.5 cm³/mol. The molecule has 2 heterocycles. The normalized spacial score (nSPS) is 17.6. The number of anilines is 1. The number of hydrogen-bond donors (Lipinski definition) is 3. The first-order valence-corrected chi connectivity index (χ1v) is 7.38. The Balaban J connectivity index is 1.81. The fourth-order valence-electron chi connectivity index (χ4n) is 2.32. The molecule has 1 atom stereocenters. The molecule has 1 unspecified atom stereocenters. The molecule has 6 nitrogen and oxygen atoms in total. The van der Waals surface area contributed by atoms with Gasteiger partial charge in [-0.15, -0.1) is 0 Å². The number of H-pyrrole nitrogens is 1. The van der Waals surface area contributed by atoms with Gasteiger partial charge in [0.1, 0.15) is 5.82 Å². The number of halogens is 1. The highest BCUT2D eigenvalue weighted by atomic mass is 127. The highest BCUT2D eigenvalue weighted by molar-refractivity contribution is 14.1. The minimum absolute atomic E-state index is 0.270. The molecule has 0 radical (unpaired) electrons. The van der Waals surface area contributed by atoms with E-state index in [4.69, 9.17) is 0 Å². The molecule has 20 heavy (non-hydrogen) atoms. The SMILES string of the molecule is O=C(Nc1cc(I)ccn1)c1n[nH]c2c1CCC(O)C2. The zero-order valence-electron chi connectivity index (χ0n) is 10.6. The summed E-state index contributed by atoms with van der Waals surface area (Å²) >= 11 is 2.16. The zero-order chi connectivity index (χ0) is 14.1. The van der Waals surface area contributed by atoms with E-state index in [-0.39, 0.29) is 12.0 Å². The number of aromatic amines is 1. The van der Waals surface area contributed by atoms with E-state index in [2.05, 4.69) is 43.1 Å². The number of carbonyl (C=O) groups excluding carboxylic acids is 1. The van der Waals surface area contributed by atoms with Crippen LogP contribution in [0.3, 0.4) is 0 Å². The number of fused-ring (bicyclic) bond motifs is 1. The lowest BCUT2D eigenvalue weighted by Crippen LogP contribution is -2.21. The molecule has 3 N–H and O–H groups in total. The maximum absolute atomic E-state index is 12.2. The summed E-state index contributed by atoms with van der Waals surface area (Å²) < 4.78 is 1.00. The molecule has 0 fully saturated rings. The lowest BCUT2D eigenvalue weighted by Gasteiger charge is -2.16. The van der Waals surface area contributed by atoms with Gasteiger partial charge >= 0.3 is 0 Å². The second-order valence-corrected chi connectivity index (χ2v) is 5.98. The number of hydrogen-bond acceptors (Lipinski definition) is 4. The van der Waals surface area contributed by atoms with E-state index in [1.165, 1.54) is 0 Å². The number of rotatable bonds is 2. The third-order valence-corrected chi connectivity index (χ3v) is 3.97. The van der Waals surface area contributed by atoms with Crippen molar-refractivity contribution in [3.8, 4) is 0 Å². The molecule has 0 bridgehead atoms. The van der Waals surface area contributed by atoms with Gasteiger partial charge in [-0.1, -0.05) is 0 Å². The Labute approximate surface area is 129 Å². The smallest absolute Gasteiger partial charge is 0.277 e. The van der Waals surface area contributed by atoms with E-state index in [0.29, 0.717) is 30.8 Å². The van der Waals surface area contributed by atoms with Gasteiger partial charge in [-0.25, -0.2) is 4.98 Å². The van der Waals surface area contributed by atoms with Gasteiger partial charge in [0.05, 0.1) is 6.10 Å². The summed E-state index contributed by atoms with van der Waals surface area (Å²) in [4.78, 5) is 16.3. The van der Waals surface area contributed by atoms with Crippen LogP contribution in [0.2, 0.25) is 0 Å². The Kier molecular flexibility index (Phi) is 3.70. The Morgan fingerprint density at radius 1 is 1.55 bits per heavy atom. The molecule has 104 valence electrons. The molecule has 7 heteroatoms. The minimum Gasteiger partial charge on any atom is -0.393 e. The predicted octanol–water partition coefficient (Wildman–Crippen LogP) is 1.51. The van der Waals surface area contributed by atoms with Crippen molar-refractivity contribution in [1.29, 1.82) is 0 Å². The number of aliphatic hydroxyl groups is 1. The maximum Gasteiger partial charge on any atom is 0.277 e. The van der Waals surface area contributed by atoms with Gasteiger partial charge in [-0.2, -0.15) is 5.10 Å². The minimum atomic E-state index is -0.351. The Bertz CT molecular complexity index is 656. The van der Waals surface area contributed by atoms with Gasteiger partial charge in [0, 0.05) is 27.4 Å². The van der Waals surface area contributed by atoms with Crippen LogP contribution in [0.5, 0.6) is 0 Å². The van der Waals surface area contributed by atoms with Crippen LogP contribution in [0.1, 0.15) is 28.2 Å². The lowest BCUT2D eigenvalue weighted by molar-refractivity contribution is 0.101. The van der Waals surface area contributed by atoms with Crippen LogP contribution >= 0.6 is 22.6 Å². The largest absolute Gasteiger partial charge is 0.393 e. The summed E-state index contributed by atoms with van der Waals surface area (Å²) in [6.07, 6.45) is 3.14. The van der Waals surface area contributed by atoms with Crippen molar-refractivity contribution < 1.29 is 9.90 Å². The molecule has 0 saturated heterocycles. The summed E-state index contributed by atoms with van der Waals surface area (Å²) in [6.45, 7) is 0. The standard InChI is InChI=1S/C13H13IN4O2/c14-7-3-4-15-11(5-7)16-13(20)12-9-2-1-8(19)6-10(9)17-18-12/h3-5,8,19H,1-2,6H2,(H,17,18)(H,15,16,20). The van der Waals surface area contributed by atoms with E-state index in [0.717, 1.165) is 14.8 Å². The van der Waals surface area contributed by atoms with Crippen molar-refractivity contribution in [3.63, 3.8) is 0 Å². The summed E-state index contributed by atoms with van der Waals surface area (Å²) in [5, 5.41) is 19.3. The summed E-state index contributed by atoms with van der Waals surface area (Å²) in [7, 11) is 0. The molecule has 1 aliphatic rings. The van der Waals surface area contributed by atoms with E-state index < -0.39 is 0 Å². The fourth-order valence-corrected chi connectivity index (χ4v) is 2.78. The summed E-state index contributed by atoms with van der Waals surface area (Å²) in [5.74, 6) is 0.239. The second kappa shape index (κ2) is 5.49. The lowest BCUT2D eigenvalue weighted by atomic mass is 9.93. The second-order valence-electron chi connectivity index (χ2n) is 4.74. The van der Waals surface area contributed by atoms with Crippen molar-refractivity contribution in [3.05, 3.63) is 38.9 Å². The van der Waals surface area contributed by atoms with Gasteiger partial charge in [0.2, 0.25) is 0 Å². The van der Waals surface area contributed by atoms with Crippen molar-refractivity contribution in [2.75, 3.05) is 5.32 Å². The average Bonchev–Trinajstić information content (AvgIpc) is 2.81. The summed E-state index contributed by atoms with van der Waals surface area (Å²) in [6, 6.07) is 3.65. The van der Waals surface area contributed by atoms with Gasteiger partial charge in [-0.3, -0.25) is 9.89 Å². The van der Waals surface area contributed by atoms with Crippen LogP contribution < -0.4 is 5.32 Å². The fraction of sp³-hybridized carbons (Fsp3) is 0.308. The quantitative estimate of drug-likeness (QED) is 0.685. The molecular weight excluding hydrogens is 371 g/mol. The van der Waals surface area contributed by atoms with E-state index in [9.17, 15) is 9.90 Å². The number of pyridine rings is 1. The highest BCUT2D eigenvalue weighted by Gasteiger charge is 2.25. The zero-order valence-corrected chi connectivity index (χ0v) is 12.7. The number of amides is 1. The molecular formula is C13H13IN4O2. The van der Waals surface area contributed by atoms with Crippen LogP contribution in [-0.4, -0.2) is 32.3 Å². The average molecular weight is 384 g/mol. The molecule has 0 saturated carbocycles. The first-order chi connectivity index (χ1) is 9.63. The number of aromatic nitrogens is 3. The molecule has 0 spiro atoms. The number of aliphatic hydroxyl groups excluding tert-OH is 1. The first-order valence-electron chi connectivity index (χ1n) is 6.30. The van der Waals surface area contributed by atoms with Crippen LogP contribution in [-0.2, 0) is 12.8 Å². The van der Waals surface area contributed by atoms with E-state index in [1.807, 2.05) is 6.07 Å². The van der Waals surface area contributed by atoms with Gasteiger partial charge in [-0.05, 0) is 47.6 Å². The maximum atomic E-state index is 12.2. The molecule has 2 aromatic heterocycles. The van der Waals surface area contributed by atoms with Crippen molar-refractivity contribution in [2.45, 2.75) is 25.4 Å². The molecule has 3 rings (SSSR count). The Morgan fingerprint density at radius 3 is 3.20 bits per heavy atom. The molecule has 2 aromatic rings. The third-order valence-electron chi connectivity index (χ3n) is 3.30. The number of nitrogens with zero attached hydrogens (tertiary/aromatic N) is 2. The summed E-state index contributed by atoms with van der Waals surface area (Å²) in [5.41, 5.74) is 2.15. The van der Waals surface area contributed by atoms with Crippen molar-refractivity contribution in [1.82, 2.24) is 15.2 Å². The van der Waals surface area contributed by atoms with Gasteiger partial charge < -0.3 is 10.4 Å². The number of nitrogens with one attached hydrogen (secondary N) is 2. The molecule has 0 aliphatic heterocycles. The van der Waals surface area contributed by atoms with Crippen molar-refractivity contribution in [2.24, 2.45) is 0 Å². The van der Waals surface area contributed by atoms with E-state index >= 15 is 0 Å². The third kappa shape index (κ3) is 2.68. The van der Waals surface area contributed by atoms with Gasteiger partial charge in [0.15, 0.2) is 5.69 Å². The molecule has 1 aliphatic carbocycles. The van der Waals surface area contributed by atoms with Crippen LogP contribution in [0, 0.1) is 3.57 Å². The Hall–Kier alpha value is -1.48. The van der Waals surface area contributed by atoms with E-state index in [1.54, 1.807) is 12.3 Å². The Morgan fingerprint density at radius 2 is 2.40 bits per heavy atom. The van der Waals surface area contributed by atoms with Crippen molar-refractivity contribution >= 4 is 34.3 Å². The van der Waals surface area contributed by atoms with Gasteiger partial charge in [0.25, 0.3) is 5.91 Å². The van der Waals surface area contributed by atoms with Crippen LogP contribution in [0.25, 0.3) is 0 Å². The number of carbonyl (C=O) groups is 1. The molecule has 0 aromatic carbocycles. The van der Waals surface area contributed by atoms with Crippen LogP contribution in [0.15, 0.2) is 18.3 Å². The highest BCUT2D eigenvalue weighted by Crippen LogP contribution is 2.23. The topological polar surface area (TPSA) is 90.9 Å². The monoisotopic (exact) mass is 384 g/mol. The first kappa shape index (κ1) is 13.5. The van der Waals surface area contributed by atoms with Crippen LogP contribution in [0.4, 0.5) is 5.82 Å². The molecule has 1 amide bonds.